The molecule has 140 valence electrons. The highest BCUT2D eigenvalue weighted by atomic mass is 16.1. The van der Waals surface area contributed by atoms with E-state index in [-0.39, 0.29) is 17.9 Å². The molecule has 0 aromatic rings. The Morgan fingerprint density at radius 3 is 2.46 bits per heavy atom. The SMILES string of the molecule is C=C(CN)N[C@H](CNC(=O)[C@@H]1C[C@H](C)CC[C@H]1C(C)C)CC(C)C. The van der Waals surface area contributed by atoms with Crippen molar-refractivity contribution in [1.29, 1.82) is 0 Å². The molecule has 1 fully saturated rings. The molecule has 0 bridgehead atoms. The first-order valence-electron chi connectivity index (χ1n) is 9.66. The molecule has 4 nitrogen and oxygen atoms in total. The standard InChI is InChI=1S/C20H39N3O/c1-13(2)9-17(23-16(6)11-21)12-22-20(24)19-10-15(5)7-8-18(19)14(3)4/h13-15,17-19,23H,6-12,21H2,1-5H3,(H,22,24)/t15-,17+,18+,19-/m1/s1. The van der Waals surface area contributed by atoms with Crippen LogP contribution >= 0.6 is 0 Å². The molecule has 1 aliphatic carbocycles. The van der Waals surface area contributed by atoms with Gasteiger partial charge >= 0.3 is 0 Å². The first-order chi connectivity index (χ1) is 11.2. The number of amides is 1. The zero-order valence-electron chi connectivity index (χ0n) is 16.4. The molecule has 0 spiro atoms. The molecule has 1 amide bonds. The maximum Gasteiger partial charge on any atom is 0.223 e. The van der Waals surface area contributed by atoms with Crippen molar-refractivity contribution in [2.45, 2.75) is 66.3 Å². The lowest BCUT2D eigenvalue weighted by molar-refractivity contribution is -0.129. The van der Waals surface area contributed by atoms with Crippen LogP contribution in [0.4, 0.5) is 0 Å². The summed E-state index contributed by atoms with van der Waals surface area (Å²) in [7, 11) is 0. The van der Waals surface area contributed by atoms with Gasteiger partial charge in [-0.25, -0.2) is 0 Å². The minimum absolute atomic E-state index is 0.158. The molecule has 4 heteroatoms. The van der Waals surface area contributed by atoms with Crippen molar-refractivity contribution in [3.63, 3.8) is 0 Å². The molecule has 4 atom stereocenters. The van der Waals surface area contributed by atoms with Gasteiger partial charge in [-0.1, -0.05) is 47.6 Å². The van der Waals surface area contributed by atoms with E-state index in [9.17, 15) is 4.79 Å². The van der Waals surface area contributed by atoms with Crippen LogP contribution in [0.2, 0.25) is 0 Å². The van der Waals surface area contributed by atoms with Crippen molar-refractivity contribution in [2.24, 2.45) is 35.3 Å². The summed E-state index contributed by atoms with van der Waals surface area (Å²) >= 11 is 0. The lowest BCUT2D eigenvalue weighted by Crippen LogP contribution is -2.46. The van der Waals surface area contributed by atoms with Crippen molar-refractivity contribution in [1.82, 2.24) is 10.6 Å². The van der Waals surface area contributed by atoms with E-state index < -0.39 is 0 Å². The normalized spacial score (nSPS) is 25.6. The molecule has 1 aliphatic rings. The number of hydrogen-bond donors (Lipinski definition) is 3. The van der Waals surface area contributed by atoms with Gasteiger partial charge in [0.15, 0.2) is 0 Å². The molecule has 0 heterocycles. The summed E-state index contributed by atoms with van der Waals surface area (Å²) in [6.07, 6.45) is 4.44. The maximum absolute atomic E-state index is 12.8. The third-order valence-electron chi connectivity index (χ3n) is 5.29. The highest BCUT2D eigenvalue weighted by Gasteiger charge is 2.35. The molecule has 1 saturated carbocycles. The van der Waals surface area contributed by atoms with E-state index in [1.807, 2.05) is 0 Å². The third kappa shape index (κ3) is 6.84. The van der Waals surface area contributed by atoms with Crippen molar-refractivity contribution in [2.75, 3.05) is 13.1 Å². The Labute approximate surface area is 149 Å². The molecule has 0 aliphatic heterocycles. The number of nitrogens with two attached hydrogens (primary N) is 1. The summed E-state index contributed by atoms with van der Waals surface area (Å²) in [5, 5.41) is 6.57. The number of carbonyl (C=O) groups excluding carboxylic acids is 1. The summed E-state index contributed by atoms with van der Waals surface area (Å²) in [4.78, 5) is 12.8. The summed E-state index contributed by atoms with van der Waals surface area (Å²) < 4.78 is 0. The van der Waals surface area contributed by atoms with Gasteiger partial charge in [0, 0.05) is 30.7 Å². The van der Waals surface area contributed by atoms with Gasteiger partial charge in [-0.15, -0.1) is 0 Å². The fraction of sp³-hybridized carbons (Fsp3) is 0.850. The van der Waals surface area contributed by atoms with Crippen molar-refractivity contribution < 1.29 is 4.79 Å². The second kappa shape index (κ2) is 10.1. The Morgan fingerprint density at radius 2 is 1.92 bits per heavy atom. The Balaban J connectivity index is 2.63. The molecule has 24 heavy (non-hydrogen) atoms. The zero-order chi connectivity index (χ0) is 18.3. The van der Waals surface area contributed by atoms with Crippen molar-refractivity contribution >= 4 is 5.91 Å². The molecule has 1 rings (SSSR count). The predicted octanol–water partition coefficient (Wildman–Crippen LogP) is 3.29. The van der Waals surface area contributed by atoms with Crippen LogP contribution in [0.5, 0.6) is 0 Å². The summed E-state index contributed by atoms with van der Waals surface area (Å²) in [5.74, 6) is 2.67. The van der Waals surface area contributed by atoms with E-state index in [4.69, 9.17) is 5.73 Å². The van der Waals surface area contributed by atoms with E-state index in [0.29, 0.717) is 36.8 Å². The quantitative estimate of drug-likeness (QED) is 0.605. The van der Waals surface area contributed by atoms with Gasteiger partial charge in [-0.05, 0) is 42.9 Å². The average Bonchev–Trinajstić information content (AvgIpc) is 2.51. The van der Waals surface area contributed by atoms with Crippen LogP contribution in [0.3, 0.4) is 0 Å². The molecular weight excluding hydrogens is 298 g/mol. The van der Waals surface area contributed by atoms with Gasteiger partial charge < -0.3 is 16.4 Å². The Bertz CT molecular complexity index is 406. The third-order valence-corrected chi connectivity index (χ3v) is 5.29. The second-order valence-corrected chi connectivity index (χ2v) is 8.46. The van der Waals surface area contributed by atoms with Gasteiger partial charge in [0.1, 0.15) is 0 Å². The molecule has 4 N–H and O–H groups in total. The van der Waals surface area contributed by atoms with Gasteiger partial charge in [0.25, 0.3) is 0 Å². The van der Waals surface area contributed by atoms with Gasteiger partial charge in [0.05, 0.1) is 0 Å². The largest absolute Gasteiger partial charge is 0.383 e. The van der Waals surface area contributed by atoms with E-state index in [1.54, 1.807) is 0 Å². The van der Waals surface area contributed by atoms with Gasteiger partial charge in [-0.2, -0.15) is 0 Å². The molecule has 0 saturated heterocycles. The highest BCUT2D eigenvalue weighted by Crippen LogP contribution is 2.38. The topological polar surface area (TPSA) is 67.2 Å². The summed E-state index contributed by atoms with van der Waals surface area (Å²) in [6.45, 7) is 16.2. The highest BCUT2D eigenvalue weighted by molar-refractivity contribution is 5.79. The van der Waals surface area contributed by atoms with Crippen LogP contribution in [-0.4, -0.2) is 25.0 Å². The van der Waals surface area contributed by atoms with Gasteiger partial charge in [-0.3, -0.25) is 4.79 Å². The molecular formula is C20H39N3O. The first kappa shape index (κ1) is 21.0. The minimum Gasteiger partial charge on any atom is -0.383 e. The monoisotopic (exact) mass is 337 g/mol. The van der Waals surface area contributed by atoms with E-state index in [0.717, 1.165) is 18.5 Å². The van der Waals surface area contributed by atoms with Crippen LogP contribution < -0.4 is 16.4 Å². The number of nitrogens with one attached hydrogen (secondary N) is 2. The van der Waals surface area contributed by atoms with Crippen molar-refractivity contribution in [3.05, 3.63) is 12.3 Å². The zero-order valence-corrected chi connectivity index (χ0v) is 16.4. The minimum atomic E-state index is 0.158. The lowest BCUT2D eigenvalue weighted by atomic mass is 9.70. The molecule has 0 aromatic heterocycles. The van der Waals surface area contributed by atoms with Crippen LogP contribution in [0.15, 0.2) is 12.3 Å². The fourth-order valence-electron chi connectivity index (χ4n) is 3.97. The summed E-state index contributed by atoms with van der Waals surface area (Å²) in [6, 6.07) is 0.198. The van der Waals surface area contributed by atoms with Crippen LogP contribution in [0, 0.1) is 29.6 Å². The number of carbonyl (C=O) groups is 1. The van der Waals surface area contributed by atoms with Crippen LogP contribution in [0.1, 0.15) is 60.3 Å². The van der Waals surface area contributed by atoms with E-state index >= 15 is 0 Å². The smallest absolute Gasteiger partial charge is 0.223 e. The second-order valence-electron chi connectivity index (χ2n) is 8.46. The molecule has 0 unspecified atom stereocenters. The fourth-order valence-corrected chi connectivity index (χ4v) is 3.97. The molecule has 0 radical (unpaired) electrons. The number of rotatable bonds is 9. The number of hydrogen-bond acceptors (Lipinski definition) is 3. The Morgan fingerprint density at radius 1 is 1.25 bits per heavy atom. The van der Waals surface area contributed by atoms with Crippen LogP contribution in [-0.2, 0) is 4.79 Å². The Hall–Kier alpha value is -1.03. The maximum atomic E-state index is 12.8. The van der Waals surface area contributed by atoms with E-state index in [2.05, 4.69) is 51.8 Å². The van der Waals surface area contributed by atoms with Gasteiger partial charge in [0.2, 0.25) is 5.91 Å². The van der Waals surface area contributed by atoms with E-state index in [1.165, 1.54) is 12.8 Å². The average molecular weight is 338 g/mol. The molecule has 0 aromatic carbocycles. The predicted molar refractivity (Wildman–Crippen MR) is 102 cm³/mol. The summed E-state index contributed by atoms with van der Waals surface area (Å²) in [5.41, 5.74) is 6.48. The van der Waals surface area contributed by atoms with Crippen LogP contribution in [0.25, 0.3) is 0 Å². The Kier molecular flexibility index (Phi) is 8.82. The van der Waals surface area contributed by atoms with Crippen molar-refractivity contribution in [3.8, 4) is 0 Å². The first-order valence-corrected chi connectivity index (χ1v) is 9.66. The lowest BCUT2D eigenvalue weighted by Gasteiger charge is -2.36.